The molecule has 34 heavy (non-hydrogen) atoms. The number of amides is 2. The first-order valence-corrected chi connectivity index (χ1v) is 10.6. The van der Waals surface area contributed by atoms with Crippen LogP contribution in [0.25, 0.3) is 0 Å². The number of carbonyl (C=O) groups is 4. The van der Waals surface area contributed by atoms with Crippen LogP contribution in [0.2, 0.25) is 0 Å². The minimum absolute atomic E-state index is 0.0251. The fourth-order valence-electron chi connectivity index (χ4n) is 5.85. The van der Waals surface area contributed by atoms with Crippen LogP contribution in [-0.4, -0.2) is 52.1 Å². The number of nitrogens with zero attached hydrogens (tertiary/aromatic N) is 2. The molecule has 0 radical (unpaired) electrons. The highest BCUT2D eigenvalue weighted by Gasteiger charge is 2.75. The number of para-hydroxylation sites is 2. The van der Waals surface area contributed by atoms with Crippen molar-refractivity contribution in [3.63, 3.8) is 0 Å². The molecule has 2 aliphatic heterocycles. The van der Waals surface area contributed by atoms with Crippen molar-refractivity contribution in [3.05, 3.63) is 83.0 Å². The van der Waals surface area contributed by atoms with Crippen molar-refractivity contribution in [1.29, 1.82) is 0 Å². The summed E-state index contributed by atoms with van der Waals surface area (Å²) in [7, 11) is 5.61. The molecule has 5 rings (SSSR count). The van der Waals surface area contributed by atoms with Crippen LogP contribution in [0.15, 0.2) is 71.8 Å². The average Bonchev–Trinajstić information content (AvgIpc) is 3.22. The lowest BCUT2D eigenvalue weighted by Gasteiger charge is -2.47. The minimum Gasteiger partial charge on any atom is -0.466 e. The highest BCUT2D eigenvalue weighted by molar-refractivity contribution is 6.27. The van der Waals surface area contributed by atoms with Gasteiger partial charge in [-0.3, -0.25) is 9.59 Å². The molecule has 2 atom stereocenters. The van der Waals surface area contributed by atoms with Crippen LogP contribution >= 0.6 is 0 Å². The molecule has 2 amide bonds. The first-order chi connectivity index (χ1) is 16.3. The monoisotopic (exact) mass is 458 g/mol. The molecule has 1 aliphatic carbocycles. The molecule has 2 spiro atoms. The minimum atomic E-state index is -1.89. The molecule has 0 saturated heterocycles. The Kier molecular flexibility index (Phi) is 4.55. The maximum Gasteiger partial charge on any atom is 0.335 e. The predicted molar refractivity (Wildman–Crippen MR) is 123 cm³/mol. The van der Waals surface area contributed by atoms with Crippen LogP contribution in [0, 0.1) is 0 Å². The molecule has 2 aromatic rings. The molecule has 0 N–H and O–H groups in total. The lowest BCUT2D eigenvalue weighted by molar-refractivity contribution is -0.144. The summed E-state index contributed by atoms with van der Waals surface area (Å²) in [6.45, 7) is 0. The van der Waals surface area contributed by atoms with E-state index in [-0.39, 0.29) is 11.1 Å². The fourth-order valence-corrected chi connectivity index (χ4v) is 5.85. The van der Waals surface area contributed by atoms with Gasteiger partial charge in [-0.25, -0.2) is 9.59 Å². The summed E-state index contributed by atoms with van der Waals surface area (Å²) < 4.78 is 10.2. The number of ether oxygens (including phenoxy) is 2. The SMILES string of the molecule is COC(=O)C1=CC=C(C(=O)OC)[C@]2(C(=O)N(C)c3ccccc32)[C@@]12C(=O)N(C)c1ccccc12. The number of allylic oxidation sites excluding steroid dienone is 2. The second kappa shape index (κ2) is 7.15. The van der Waals surface area contributed by atoms with E-state index in [2.05, 4.69) is 0 Å². The van der Waals surface area contributed by atoms with Crippen molar-refractivity contribution in [2.24, 2.45) is 0 Å². The molecule has 8 heteroatoms. The number of fused-ring (bicyclic) bond motifs is 5. The van der Waals surface area contributed by atoms with Crippen molar-refractivity contribution >= 4 is 35.1 Å². The molecule has 0 aromatic heterocycles. The van der Waals surface area contributed by atoms with Crippen molar-refractivity contribution in [3.8, 4) is 0 Å². The van der Waals surface area contributed by atoms with E-state index in [9.17, 15) is 19.2 Å². The van der Waals surface area contributed by atoms with E-state index >= 15 is 0 Å². The average molecular weight is 458 g/mol. The van der Waals surface area contributed by atoms with Gasteiger partial charge in [-0.15, -0.1) is 0 Å². The Morgan fingerprint density at radius 2 is 1.03 bits per heavy atom. The maximum atomic E-state index is 14.4. The normalized spacial score (nSPS) is 24.7. The van der Waals surface area contributed by atoms with E-state index in [1.54, 1.807) is 62.6 Å². The number of hydrogen-bond acceptors (Lipinski definition) is 6. The van der Waals surface area contributed by atoms with Gasteiger partial charge in [0.2, 0.25) is 11.8 Å². The Morgan fingerprint density at radius 1 is 0.676 bits per heavy atom. The molecule has 2 aromatic carbocycles. The van der Waals surface area contributed by atoms with Crippen LogP contribution in [0.5, 0.6) is 0 Å². The summed E-state index contributed by atoms with van der Waals surface area (Å²) in [5.41, 5.74) is -1.88. The lowest BCUT2D eigenvalue weighted by Crippen LogP contribution is -2.64. The quantitative estimate of drug-likeness (QED) is 0.640. The molecule has 0 unspecified atom stereocenters. The summed E-state index contributed by atoms with van der Waals surface area (Å²) in [6.07, 6.45) is 2.79. The van der Waals surface area contributed by atoms with E-state index in [1.807, 2.05) is 0 Å². The van der Waals surface area contributed by atoms with Crippen LogP contribution in [0.4, 0.5) is 11.4 Å². The zero-order valence-electron chi connectivity index (χ0n) is 19.1. The van der Waals surface area contributed by atoms with E-state index < -0.39 is 34.6 Å². The fraction of sp³-hybridized carbons (Fsp3) is 0.231. The number of likely N-dealkylation sites (N-methyl/N-ethyl adjacent to an activating group) is 2. The number of methoxy groups -OCH3 is 2. The number of benzene rings is 2. The van der Waals surface area contributed by atoms with Gasteiger partial charge in [-0.1, -0.05) is 36.4 Å². The molecular weight excluding hydrogens is 436 g/mol. The van der Waals surface area contributed by atoms with E-state index in [4.69, 9.17) is 9.47 Å². The second-order valence-corrected chi connectivity index (χ2v) is 8.41. The van der Waals surface area contributed by atoms with Gasteiger partial charge in [0.25, 0.3) is 0 Å². The first kappa shape index (κ1) is 21.6. The molecule has 0 fully saturated rings. The largest absolute Gasteiger partial charge is 0.466 e. The third-order valence-electron chi connectivity index (χ3n) is 7.19. The Labute approximate surface area is 196 Å². The van der Waals surface area contributed by atoms with Gasteiger partial charge < -0.3 is 19.3 Å². The second-order valence-electron chi connectivity index (χ2n) is 8.41. The van der Waals surface area contributed by atoms with Crippen molar-refractivity contribution < 1.29 is 28.7 Å². The Morgan fingerprint density at radius 3 is 1.38 bits per heavy atom. The van der Waals surface area contributed by atoms with Gasteiger partial charge in [0.05, 0.1) is 25.4 Å². The van der Waals surface area contributed by atoms with Crippen LogP contribution in [-0.2, 0) is 39.5 Å². The summed E-state index contributed by atoms with van der Waals surface area (Å²) in [5, 5.41) is 0. The lowest BCUT2D eigenvalue weighted by atomic mass is 9.49. The Hall–Kier alpha value is -4.20. The molecular formula is C26H22N2O6. The smallest absolute Gasteiger partial charge is 0.335 e. The van der Waals surface area contributed by atoms with E-state index in [0.29, 0.717) is 22.5 Å². The Bertz CT molecular complexity index is 1260. The van der Waals surface area contributed by atoms with E-state index in [0.717, 1.165) is 0 Å². The summed E-state index contributed by atoms with van der Waals surface area (Å²) in [6, 6.07) is 13.9. The number of rotatable bonds is 2. The summed E-state index contributed by atoms with van der Waals surface area (Å²) >= 11 is 0. The maximum absolute atomic E-state index is 14.4. The summed E-state index contributed by atoms with van der Waals surface area (Å²) in [5.74, 6) is -2.56. The van der Waals surface area contributed by atoms with E-state index in [1.165, 1.54) is 36.2 Å². The number of hydrogen-bond donors (Lipinski definition) is 0. The Balaban J connectivity index is 2.04. The van der Waals surface area contributed by atoms with Gasteiger partial charge >= 0.3 is 11.9 Å². The van der Waals surface area contributed by atoms with Gasteiger partial charge in [-0.05, 0) is 35.4 Å². The first-order valence-electron chi connectivity index (χ1n) is 10.6. The number of esters is 2. The van der Waals surface area contributed by atoms with Crippen LogP contribution in [0.3, 0.4) is 0 Å². The van der Waals surface area contributed by atoms with Crippen LogP contribution in [0.1, 0.15) is 11.1 Å². The van der Waals surface area contributed by atoms with Gasteiger partial charge in [0.1, 0.15) is 10.8 Å². The highest BCUT2D eigenvalue weighted by atomic mass is 16.5. The third-order valence-corrected chi connectivity index (χ3v) is 7.19. The van der Waals surface area contributed by atoms with Gasteiger partial charge in [0, 0.05) is 25.5 Å². The van der Waals surface area contributed by atoms with Gasteiger partial charge in [-0.2, -0.15) is 0 Å². The van der Waals surface area contributed by atoms with Crippen LogP contribution < -0.4 is 9.80 Å². The molecule has 172 valence electrons. The summed E-state index contributed by atoms with van der Waals surface area (Å²) in [4.78, 5) is 58.1. The highest BCUT2D eigenvalue weighted by Crippen LogP contribution is 2.65. The molecule has 8 nitrogen and oxygen atoms in total. The van der Waals surface area contributed by atoms with Crippen molar-refractivity contribution in [2.75, 3.05) is 38.1 Å². The van der Waals surface area contributed by atoms with Crippen molar-refractivity contribution in [1.82, 2.24) is 0 Å². The molecule has 3 aliphatic rings. The molecule has 2 heterocycles. The topological polar surface area (TPSA) is 93.2 Å². The molecule has 0 saturated carbocycles. The van der Waals surface area contributed by atoms with Gasteiger partial charge in [0.15, 0.2) is 0 Å². The van der Waals surface area contributed by atoms with Crippen molar-refractivity contribution in [2.45, 2.75) is 10.8 Å². The molecule has 0 bridgehead atoms. The zero-order chi connectivity index (χ0) is 24.4. The number of anilines is 2. The predicted octanol–water partition coefficient (Wildman–Crippen LogP) is 2.03. The standard InChI is InChI=1S/C26H22N2O6/c1-27-19-11-7-5-9-15(19)25(23(27)31)17(21(29)33-3)13-14-18(22(30)34-4)26(25)16-10-6-8-12-20(16)28(2)24(26)32/h5-14H,1-4H3/t25-,26-/m1/s1. The number of carbonyl (C=O) groups excluding carboxylic acids is 4. The third kappa shape index (κ3) is 2.18. The zero-order valence-corrected chi connectivity index (χ0v) is 19.1.